The number of rotatable bonds is 13. The normalized spacial score (nSPS) is 12.2. The Kier molecular flexibility index (Phi) is 21.1. The molecule has 0 fully saturated rings. The molecule has 0 amide bonds. The van der Waals surface area contributed by atoms with Gasteiger partial charge in [0.25, 0.3) is 0 Å². The second-order valence-corrected chi connectivity index (χ2v) is 5.11. The minimum atomic E-state index is -0.321. The molecule has 105 valence electrons. The zero-order chi connectivity index (χ0) is 12.8. The molecule has 0 aromatic carbocycles. The molecule has 1 atom stereocenters. The first-order chi connectivity index (χ1) is 8.27. The summed E-state index contributed by atoms with van der Waals surface area (Å²) in [4.78, 5) is 0. The van der Waals surface area contributed by atoms with Gasteiger partial charge in [-0.1, -0.05) is 64.7 Å². The summed E-state index contributed by atoms with van der Waals surface area (Å²) in [7, 11) is 0. The summed E-state index contributed by atoms with van der Waals surface area (Å²) in [5, 5.41) is 8.99. The van der Waals surface area contributed by atoms with E-state index in [1.54, 1.807) is 6.92 Å². The maximum Gasteiger partial charge on any atom is 0.0745 e. The SMILES string of the molecule is CCCCCCCCCCCCOCC(C)O.[Na]. The molecule has 1 radical (unpaired) electrons. The number of aliphatic hydroxyl groups is 1. The van der Waals surface area contributed by atoms with Crippen molar-refractivity contribution in [3.8, 4) is 0 Å². The van der Waals surface area contributed by atoms with E-state index in [0.717, 1.165) is 13.0 Å². The van der Waals surface area contributed by atoms with Crippen LogP contribution in [0.15, 0.2) is 0 Å². The molecule has 0 aromatic heterocycles. The summed E-state index contributed by atoms with van der Waals surface area (Å²) in [6.45, 7) is 5.32. The molecule has 0 spiro atoms. The maximum absolute atomic E-state index is 8.99. The molecule has 0 bridgehead atoms. The maximum atomic E-state index is 8.99. The van der Waals surface area contributed by atoms with Gasteiger partial charge in [-0.15, -0.1) is 0 Å². The molecule has 0 heterocycles. The summed E-state index contributed by atoms with van der Waals surface area (Å²) < 4.78 is 5.32. The van der Waals surface area contributed by atoms with Crippen LogP contribution < -0.4 is 0 Å². The fourth-order valence-corrected chi connectivity index (χ4v) is 1.95. The van der Waals surface area contributed by atoms with Crippen molar-refractivity contribution in [3.05, 3.63) is 0 Å². The van der Waals surface area contributed by atoms with Gasteiger partial charge in [0.1, 0.15) is 0 Å². The standard InChI is InChI=1S/C15H32O2.Na/c1-3-4-5-6-7-8-9-10-11-12-13-17-14-15(2)16;/h15-16H,3-14H2,1-2H3;. The van der Waals surface area contributed by atoms with Crippen LogP contribution in [-0.4, -0.2) is 54.0 Å². The summed E-state index contributed by atoms with van der Waals surface area (Å²) in [6, 6.07) is 0. The van der Waals surface area contributed by atoms with Crippen molar-refractivity contribution in [1.29, 1.82) is 0 Å². The molecule has 0 rings (SSSR count). The summed E-state index contributed by atoms with van der Waals surface area (Å²) >= 11 is 0. The Morgan fingerprint density at radius 1 is 0.833 bits per heavy atom. The van der Waals surface area contributed by atoms with Gasteiger partial charge in [-0.05, 0) is 13.3 Å². The third kappa shape index (κ3) is 19.3. The van der Waals surface area contributed by atoms with Gasteiger partial charge in [0.15, 0.2) is 0 Å². The van der Waals surface area contributed by atoms with Gasteiger partial charge >= 0.3 is 0 Å². The Balaban J connectivity index is 0. The first-order valence-corrected chi connectivity index (χ1v) is 7.53. The van der Waals surface area contributed by atoms with Crippen LogP contribution in [0, 0.1) is 0 Å². The number of unbranched alkanes of at least 4 members (excludes halogenated alkanes) is 9. The van der Waals surface area contributed by atoms with Crippen LogP contribution in [0.5, 0.6) is 0 Å². The molecular weight excluding hydrogens is 235 g/mol. The first kappa shape index (κ1) is 21.2. The van der Waals surface area contributed by atoms with E-state index in [2.05, 4.69) is 6.92 Å². The van der Waals surface area contributed by atoms with E-state index >= 15 is 0 Å². The molecule has 18 heavy (non-hydrogen) atoms. The van der Waals surface area contributed by atoms with Crippen molar-refractivity contribution < 1.29 is 9.84 Å². The largest absolute Gasteiger partial charge is 0.391 e. The van der Waals surface area contributed by atoms with E-state index in [4.69, 9.17) is 9.84 Å². The van der Waals surface area contributed by atoms with Gasteiger partial charge in [0.2, 0.25) is 0 Å². The zero-order valence-electron chi connectivity index (χ0n) is 12.9. The van der Waals surface area contributed by atoms with Crippen LogP contribution in [0.2, 0.25) is 0 Å². The van der Waals surface area contributed by atoms with Gasteiger partial charge in [-0.2, -0.15) is 0 Å². The topological polar surface area (TPSA) is 29.5 Å². The van der Waals surface area contributed by atoms with E-state index in [0.29, 0.717) is 6.61 Å². The molecule has 1 unspecified atom stereocenters. The molecule has 0 saturated heterocycles. The van der Waals surface area contributed by atoms with E-state index in [1.165, 1.54) is 57.8 Å². The monoisotopic (exact) mass is 267 g/mol. The van der Waals surface area contributed by atoms with Crippen molar-refractivity contribution in [3.63, 3.8) is 0 Å². The van der Waals surface area contributed by atoms with Crippen LogP contribution in [0.1, 0.15) is 78.1 Å². The smallest absolute Gasteiger partial charge is 0.0745 e. The average molecular weight is 267 g/mol. The molecule has 0 aliphatic carbocycles. The molecule has 2 nitrogen and oxygen atoms in total. The van der Waals surface area contributed by atoms with E-state index in [9.17, 15) is 0 Å². The van der Waals surface area contributed by atoms with Gasteiger partial charge in [-0.3, -0.25) is 0 Å². The van der Waals surface area contributed by atoms with Crippen molar-refractivity contribution in [2.75, 3.05) is 13.2 Å². The fourth-order valence-electron chi connectivity index (χ4n) is 1.95. The van der Waals surface area contributed by atoms with E-state index < -0.39 is 0 Å². The Morgan fingerprint density at radius 3 is 1.72 bits per heavy atom. The molecular formula is C15H32NaO2. The van der Waals surface area contributed by atoms with Gasteiger partial charge in [0, 0.05) is 36.2 Å². The molecule has 3 heteroatoms. The Labute approximate surface area is 136 Å². The summed E-state index contributed by atoms with van der Waals surface area (Å²) in [5.74, 6) is 0. The van der Waals surface area contributed by atoms with Crippen LogP contribution in [0.3, 0.4) is 0 Å². The first-order valence-electron chi connectivity index (χ1n) is 7.53. The van der Waals surface area contributed by atoms with Crippen molar-refractivity contribution >= 4 is 29.6 Å². The van der Waals surface area contributed by atoms with Gasteiger partial charge in [0.05, 0.1) is 12.7 Å². The molecule has 0 aliphatic heterocycles. The molecule has 0 aromatic rings. The minimum Gasteiger partial charge on any atom is -0.391 e. The number of aliphatic hydroxyl groups excluding tert-OH is 1. The summed E-state index contributed by atoms with van der Waals surface area (Å²) in [5.41, 5.74) is 0. The zero-order valence-corrected chi connectivity index (χ0v) is 14.9. The molecule has 0 saturated carbocycles. The molecule has 1 N–H and O–H groups in total. The molecule has 0 aliphatic rings. The van der Waals surface area contributed by atoms with Crippen molar-refractivity contribution in [2.24, 2.45) is 0 Å². The van der Waals surface area contributed by atoms with E-state index in [-0.39, 0.29) is 35.7 Å². The minimum absolute atomic E-state index is 0. The third-order valence-corrected chi connectivity index (χ3v) is 3.00. The second kappa shape index (κ2) is 17.9. The van der Waals surface area contributed by atoms with Crippen molar-refractivity contribution in [1.82, 2.24) is 0 Å². The number of ether oxygens (including phenoxy) is 1. The van der Waals surface area contributed by atoms with Crippen LogP contribution in [-0.2, 0) is 4.74 Å². The van der Waals surface area contributed by atoms with Crippen LogP contribution in [0.4, 0.5) is 0 Å². The third-order valence-electron chi connectivity index (χ3n) is 3.00. The Morgan fingerprint density at radius 2 is 1.28 bits per heavy atom. The predicted octanol–water partition coefficient (Wildman–Crippen LogP) is 3.92. The van der Waals surface area contributed by atoms with Crippen molar-refractivity contribution in [2.45, 2.75) is 84.2 Å². The van der Waals surface area contributed by atoms with Crippen LogP contribution in [0.25, 0.3) is 0 Å². The second-order valence-electron chi connectivity index (χ2n) is 5.11. The average Bonchev–Trinajstić information content (AvgIpc) is 2.30. The number of hydrogen-bond acceptors (Lipinski definition) is 2. The fraction of sp³-hybridized carbons (Fsp3) is 1.00. The summed E-state index contributed by atoms with van der Waals surface area (Å²) in [6.07, 6.45) is 13.2. The number of hydrogen-bond donors (Lipinski definition) is 1. The van der Waals surface area contributed by atoms with Gasteiger partial charge < -0.3 is 9.84 Å². The quantitative estimate of drug-likeness (QED) is 0.405. The Hall–Kier alpha value is 0.920. The predicted molar refractivity (Wildman–Crippen MR) is 80.1 cm³/mol. The van der Waals surface area contributed by atoms with Crippen LogP contribution >= 0.6 is 0 Å². The van der Waals surface area contributed by atoms with Gasteiger partial charge in [-0.25, -0.2) is 0 Å². The van der Waals surface area contributed by atoms with E-state index in [1.807, 2.05) is 0 Å². The Bertz CT molecular complexity index is 140.